The fourth-order valence-corrected chi connectivity index (χ4v) is 0.692. The molecule has 0 unspecified atom stereocenters. The van der Waals surface area contributed by atoms with Gasteiger partial charge in [-0.15, -0.1) is 0 Å². The van der Waals surface area contributed by atoms with Crippen LogP contribution in [-0.4, -0.2) is 22.6 Å². The lowest BCUT2D eigenvalue weighted by atomic mass is 10.2. The van der Waals surface area contributed by atoms with E-state index in [1.165, 1.54) is 12.3 Å². The highest BCUT2D eigenvalue weighted by molar-refractivity contribution is 5.84. The second kappa shape index (κ2) is 3.32. The van der Waals surface area contributed by atoms with Crippen molar-refractivity contribution in [3.63, 3.8) is 0 Å². The Kier molecular flexibility index (Phi) is 2.40. The van der Waals surface area contributed by atoms with Crippen LogP contribution in [0.4, 0.5) is 0 Å². The summed E-state index contributed by atoms with van der Waals surface area (Å²) >= 11 is 0. The van der Waals surface area contributed by atoms with Crippen molar-refractivity contribution < 1.29 is 19.4 Å². The third-order valence-corrected chi connectivity index (χ3v) is 1.27. The molecule has 4 heteroatoms. The zero-order chi connectivity index (χ0) is 8.27. The fourth-order valence-electron chi connectivity index (χ4n) is 0.692. The highest BCUT2D eigenvalue weighted by Gasteiger charge is 2.18. The summed E-state index contributed by atoms with van der Waals surface area (Å²) in [5.41, 5.74) is 0. The van der Waals surface area contributed by atoms with Crippen LogP contribution in [0.1, 0.15) is 11.9 Å². The van der Waals surface area contributed by atoms with Crippen molar-refractivity contribution in [2.24, 2.45) is 0 Å². The maximum atomic E-state index is 10.7. The van der Waals surface area contributed by atoms with Crippen molar-refractivity contribution in [2.45, 2.75) is 6.10 Å². The minimum atomic E-state index is -1.34. The SMILES string of the molecule is O=C(CO)[C@@H](O)c1ccco1. The van der Waals surface area contributed by atoms with E-state index in [4.69, 9.17) is 14.6 Å². The molecule has 11 heavy (non-hydrogen) atoms. The quantitative estimate of drug-likeness (QED) is 0.639. The number of carbonyl (C=O) groups excluding carboxylic acids is 1. The summed E-state index contributed by atoms with van der Waals surface area (Å²) in [6.45, 7) is -0.679. The van der Waals surface area contributed by atoms with Gasteiger partial charge in [0.1, 0.15) is 12.4 Å². The van der Waals surface area contributed by atoms with E-state index in [9.17, 15) is 4.79 Å². The summed E-state index contributed by atoms with van der Waals surface area (Å²) in [4.78, 5) is 10.7. The van der Waals surface area contributed by atoms with Gasteiger partial charge in [-0.1, -0.05) is 0 Å². The predicted molar refractivity (Wildman–Crippen MR) is 35.8 cm³/mol. The van der Waals surface area contributed by atoms with Crippen LogP contribution in [0, 0.1) is 0 Å². The molecule has 1 atom stereocenters. The Bertz CT molecular complexity index is 227. The molecule has 0 aliphatic heterocycles. The van der Waals surface area contributed by atoms with E-state index >= 15 is 0 Å². The average molecular weight is 156 g/mol. The normalized spacial score (nSPS) is 12.9. The zero-order valence-corrected chi connectivity index (χ0v) is 5.73. The lowest BCUT2D eigenvalue weighted by Gasteiger charge is -2.02. The van der Waals surface area contributed by atoms with E-state index in [1.807, 2.05) is 0 Å². The summed E-state index contributed by atoms with van der Waals surface area (Å²) in [7, 11) is 0. The van der Waals surface area contributed by atoms with Gasteiger partial charge in [0.15, 0.2) is 11.9 Å². The lowest BCUT2D eigenvalue weighted by Crippen LogP contribution is -2.14. The topological polar surface area (TPSA) is 70.7 Å². The molecular weight excluding hydrogens is 148 g/mol. The number of hydrogen-bond donors (Lipinski definition) is 2. The second-order valence-corrected chi connectivity index (χ2v) is 2.04. The maximum absolute atomic E-state index is 10.7. The van der Waals surface area contributed by atoms with Gasteiger partial charge < -0.3 is 14.6 Å². The molecule has 1 rings (SSSR count). The molecule has 1 aromatic heterocycles. The molecule has 1 heterocycles. The van der Waals surface area contributed by atoms with E-state index < -0.39 is 18.5 Å². The Morgan fingerprint density at radius 3 is 2.91 bits per heavy atom. The molecule has 0 spiro atoms. The van der Waals surface area contributed by atoms with Gasteiger partial charge in [-0.2, -0.15) is 0 Å². The first kappa shape index (κ1) is 7.97. The molecule has 0 bridgehead atoms. The van der Waals surface area contributed by atoms with Gasteiger partial charge in [0.25, 0.3) is 0 Å². The standard InChI is InChI=1S/C7H8O4/c8-4-5(9)7(10)6-2-1-3-11-6/h1-3,7-8,10H,4H2/t7-/m1/s1. The first-order valence-electron chi connectivity index (χ1n) is 3.10. The highest BCUT2D eigenvalue weighted by atomic mass is 16.4. The number of ketones is 1. The largest absolute Gasteiger partial charge is 0.466 e. The molecule has 0 saturated heterocycles. The Hall–Kier alpha value is -1.13. The van der Waals surface area contributed by atoms with Crippen LogP contribution < -0.4 is 0 Å². The van der Waals surface area contributed by atoms with Crippen LogP contribution in [0.5, 0.6) is 0 Å². The van der Waals surface area contributed by atoms with Crippen molar-refractivity contribution in [3.05, 3.63) is 24.2 Å². The minimum absolute atomic E-state index is 0.157. The summed E-state index contributed by atoms with van der Waals surface area (Å²) in [5.74, 6) is -0.510. The lowest BCUT2D eigenvalue weighted by molar-refractivity contribution is -0.131. The van der Waals surface area contributed by atoms with Crippen LogP contribution in [0.2, 0.25) is 0 Å². The number of hydrogen-bond acceptors (Lipinski definition) is 4. The van der Waals surface area contributed by atoms with Crippen molar-refractivity contribution >= 4 is 5.78 Å². The molecule has 2 N–H and O–H groups in total. The Morgan fingerprint density at radius 2 is 2.45 bits per heavy atom. The molecule has 0 radical (unpaired) electrons. The number of aliphatic hydroxyl groups is 2. The average Bonchev–Trinajstić information content (AvgIpc) is 2.53. The number of furan rings is 1. The zero-order valence-electron chi connectivity index (χ0n) is 5.73. The van der Waals surface area contributed by atoms with Crippen LogP contribution >= 0.6 is 0 Å². The summed E-state index contributed by atoms with van der Waals surface area (Å²) < 4.78 is 4.74. The molecule has 0 aromatic carbocycles. The molecule has 0 amide bonds. The Labute approximate surface area is 63.1 Å². The summed E-state index contributed by atoms with van der Waals surface area (Å²) in [6.07, 6.45) is 0.0124. The van der Waals surface area contributed by atoms with Crippen LogP contribution in [0.25, 0.3) is 0 Å². The molecule has 0 saturated carbocycles. The second-order valence-electron chi connectivity index (χ2n) is 2.04. The molecule has 0 fully saturated rings. The van der Waals surface area contributed by atoms with Crippen LogP contribution in [0.3, 0.4) is 0 Å². The summed E-state index contributed by atoms with van der Waals surface area (Å²) in [6, 6.07) is 3.03. The van der Waals surface area contributed by atoms with Crippen LogP contribution in [-0.2, 0) is 4.79 Å². The first-order chi connectivity index (χ1) is 5.25. The van der Waals surface area contributed by atoms with E-state index in [2.05, 4.69) is 0 Å². The van der Waals surface area contributed by atoms with Crippen molar-refractivity contribution in [3.8, 4) is 0 Å². The molecular formula is C7H8O4. The Balaban J connectivity index is 2.70. The van der Waals surface area contributed by atoms with Crippen molar-refractivity contribution in [1.29, 1.82) is 0 Å². The van der Waals surface area contributed by atoms with E-state index in [0.717, 1.165) is 0 Å². The fraction of sp³-hybridized carbons (Fsp3) is 0.286. The molecule has 0 aliphatic carbocycles. The van der Waals surface area contributed by atoms with Crippen molar-refractivity contribution in [2.75, 3.05) is 6.61 Å². The van der Waals surface area contributed by atoms with E-state index in [1.54, 1.807) is 6.07 Å². The van der Waals surface area contributed by atoms with Crippen LogP contribution in [0.15, 0.2) is 22.8 Å². The first-order valence-corrected chi connectivity index (χ1v) is 3.10. The smallest absolute Gasteiger partial charge is 0.194 e. The van der Waals surface area contributed by atoms with Gasteiger partial charge in [0.05, 0.1) is 6.26 Å². The van der Waals surface area contributed by atoms with Gasteiger partial charge in [-0.3, -0.25) is 4.79 Å². The molecule has 0 aliphatic rings. The highest BCUT2D eigenvalue weighted by Crippen LogP contribution is 2.13. The third kappa shape index (κ3) is 1.66. The van der Waals surface area contributed by atoms with E-state index in [-0.39, 0.29) is 5.76 Å². The number of aliphatic hydroxyl groups excluding tert-OH is 2. The van der Waals surface area contributed by atoms with Gasteiger partial charge in [0.2, 0.25) is 0 Å². The van der Waals surface area contributed by atoms with E-state index in [0.29, 0.717) is 0 Å². The third-order valence-electron chi connectivity index (χ3n) is 1.27. The number of carbonyl (C=O) groups is 1. The van der Waals surface area contributed by atoms with Gasteiger partial charge >= 0.3 is 0 Å². The monoisotopic (exact) mass is 156 g/mol. The number of Topliss-reactive ketones (excluding diaryl/α,β-unsaturated/α-hetero) is 1. The minimum Gasteiger partial charge on any atom is -0.466 e. The Morgan fingerprint density at radius 1 is 1.73 bits per heavy atom. The molecule has 60 valence electrons. The molecule has 1 aromatic rings. The number of rotatable bonds is 3. The predicted octanol–water partition coefficient (Wildman–Crippen LogP) is -0.126. The molecule has 4 nitrogen and oxygen atoms in total. The summed E-state index contributed by atoms with van der Waals surface area (Å²) in [5, 5.41) is 17.4. The van der Waals surface area contributed by atoms with Gasteiger partial charge in [-0.25, -0.2) is 0 Å². The van der Waals surface area contributed by atoms with Gasteiger partial charge in [0, 0.05) is 0 Å². The maximum Gasteiger partial charge on any atom is 0.194 e. The van der Waals surface area contributed by atoms with Crippen molar-refractivity contribution in [1.82, 2.24) is 0 Å². The van der Waals surface area contributed by atoms with Gasteiger partial charge in [-0.05, 0) is 12.1 Å².